The number of nitrogens with zero attached hydrogens (tertiary/aromatic N) is 3. The Morgan fingerprint density at radius 3 is 2.72 bits per heavy atom. The first-order valence-electron chi connectivity index (χ1n) is 7.40. The number of carbonyl (C=O) groups is 1. The second kappa shape index (κ2) is 7.57. The van der Waals surface area contributed by atoms with Crippen LogP contribution < -0.4 is 4.74 Å². The third-order valence-electron chi connectivity index (χ3n) is 3.79. The van der Waals surface area contributed by atoms with Gasteiger partial charge in [-0.25, -0.2) is 9.78 Å². The molecule has 1 aromatic carbocycles. The first kappa shape index (κ1) is 17.9. The lowest BCUT2D eigenvalue weighted by Gasteiger charge is -2.09. The molecule has 0 saturated carbocycles. The molecule has 0 amide bonds. The first-order chi connectivity index (χ1) is 12.1. The van der Waals surface area contributed by atoms with E-state index in [0.717, 1.165) is 21.1 Å². The van der Waals surface area contributed by atoms with E-state index in [1.807, 2.05) is 24.3 Å². The summed E-state index contributed by atoms with van der Waals surface area (Å²) in [5.74, 6) is -0.119. The number of fused-ring (bicyclic) bond motifs is 1. The number of benzene rings is 1. The molecule has 0 unspecified atom stereocenters. The Morgan fingerprint density at radius 1 is 1.24 bits per heavy atom. The van der Waals surface area contributed by atoms with Gasteiger partial charge in [-0.2, -0.15) is 5.10 Å². The molecule has 3 rings (SSSR count). The highest BCUT2D eigenvalue weighted by Gasteiger charge is 2.20. The van der Waals surface area contributed by atoms with E-state index in [1.54, 1.807) is 10.7 Å². The molecule has 2 heterocycles. The summed E-state index contributed by atoms with van der Waals surface area (Å²) < 4.78 is 12.5. The number of halogens is 2. The Balaban J connectivity index is 2.12. The molecule has 0 spiro atoms. The highest BCUT2D eigenvalue weighted by Crippen LogP contribution is 2.24. The Morgan fingerprint density at radius 2 is 2.04 bits per heavy atom. The largest absolute Gasteiger partial charge is 0.481 e. The van der Waals surface area contributed by atoms with E-state index >= 15 is 0 Å². The molecule has 0 fully saturated rings. The third-order valence-corrected chi connectivity index (χ3v) is 4.85. The van der Waals surface area contributed by atoms with Crippen molar-refractivity contribution in [3.8, 4) is 5.88 Å². The van der Waals surface area contributed by atoms with Crippen LogP contribution in [0.15, 0.2) is 30.3 Å². The zero-order valence-electron chi connectivity index (χ0n) is 13.6. The zero-order valence-corrected chi connectivity index (χ0v) is 16.5. The molecule has 0 aliphatic carbocycles. The van der Waals surface area contributed by atoms with Gasteiger partial charge in [0.1, 0.15) is 5.52 Å². The number of carbonyl (C=O) groups excluding carboxylic acids is 1. The van der Waals surface area contributed by atoms with E-state index in [0.29, 0.717) is 23.0 Å². The molecule has 0 radical (unpaired) electrons. The van der Waals surface area contributed by atoms with Crippen LogP contribution in [-0.4, -0.2) is 35.0 Å². The summed E-state index contributed by atoms with van der Waals surface area (Å²) in [6, 6.07) is 9.33. The number of rotatable bonds is 5. The van der Waals surface area contributed by atoms with Gasteiger partial charge in [-0.1, -0.05) is 40.3 Å². The molecule has 130 valence electrons. The second-order valence-electron chi connectivity index (χ2n) is 5.27. The van der Waals surface area contributed by atoms with Crippen LogP contribution in [0.5, 0.6) is 5.88 Å². The van der Waals surface area contributed by atoms with Crippen LogP contribution in [0, 0.1) is 0 Å². The number of hydrogen-bond acceptors (Lipinski definition) is 5. The molecule has 6 nitrogen and oxygen atoms in total. The quantitative estimate of drug-likeness (QED) is 0.321. The monoisotopic (exact) mass is 471 g/mol. The van der Waals surface area contributed by atoms with E-state index in [9.17, 15) is 4.79 Å². The van der Waals surface area contributed by atoms with E-state index in [-0.39, 0.29) is 5.69 Å². The summed E-state index contributed by atoms with van der Waals surface area (Å²) in [6.07, 6.45) is 0. The summed E-state index contributed by atoms with van der Waals surface area (Å²) >= 11 is 8.38. The average Bonchev–Trinajstić information content (AvgIpc) is 3.00. The zero-order chi connectivity index (χ0) is 18.0. The summed E-state index contributed by atoms with van der Waals surface area (Å²) in [7, 11) is 2.84. The predicted molar refractivity (Wildman–Crippen MR) is 104 cm³/mol. The number of aromatic nitrogens is 3. The minimum atomic E-state index is -0.533. The Hall–Kier alpha value is -1.87. The van der Waals surface area contributed by atoms with Gasteiger partial charge in [-0.15, -0.1) is 0 Å². The SMILES string of the molecule is COC(=O)c1nn(Cc2ccc(Cl)cc2CI)c2ccc(OC)nc12. The van der Waals surface area contributed by atoms with Gasteiger partial charge >= 0.3 is 5.97 Å². The number of alkyl halides is 1. The van der Waals surface area contributed by atoms with Gasteiger partial charge in [-0.05, 0) is 29.3 Å². The van der Waals surface area contributed by atoms with Crippen molar-refractivity contribution in [2.75, 3.05) is 14.2 Å². The van der Waals surface area contributed by atoms with Gasteiger partial charge in [0.25, 0.3) is 0 Å². The van der Waals surface area contributed by atoms with Crippen LogP contribution >= 0.6 is 34.2 Å². The molecule has 25 heavy (non-hydrogen) atoms. The Kier molecular flexibility index (Phi) is 5.43. The molecule has 3 aromatic rings. The summed E-state index contributed by atoms with van der Waals surface area (Å²) in [5, 5.41) is 5.11. The van der Waals surface area contributed by atoms with Crippen molar-refractivity contribution in [2.24, 2.45) is 0 Å². The fraction of sp³-hybridized carbons (Fsp3) is 0.235. The summed E-state index contributed by atoms with van der Waals surface area (Å²) in [6.45, 7) is 0.497. The molecule has 0 bridgehead atoms. The molecular formula is C17H15ClIN3O3. The fourth-order valence-electron chi connectivity index (χ4n) is 2.54. The van der Waals surface area contributed by atoms with E-state index in [1.165, 1.54) is 14.2 Å². The normalized spacial score (nSPS) is 10.9. The molecule has 8 heteroatoms. The van der Waals surface area contributed by atoms with E-state index in [4.69, 9.17) is 21.1 Å². The third kappa shape index (κ3) is 3.57. The number of hydrogen-bond donors (Lipinski definition) is 0. The van der Waals surface area contributed by atoms with Gasteiger partial charge in [0.05, 0.1) is 26.3 Å². The van der Waals surface area contributed by atoms with Crippen LogP contribution in [0.1, 0.15) is 21.6 Å². The lowest BCUT2D eigenvalue weighted by Crippen LogP contribution is -2.07. The van der Waals surface area contributed by atoms with E-state index in [2.05, 4.69) is 32.7 Å². The van der Waals surface area contributed by atoms with Crippen molar-refractivity contribution in [2.45, 2.75) is 11.0 Å². The molecule has 0 N–H and O–H groups in total. The molecule has 0 atom stereocenters. The van der Waals surface area contributed by atoms with Crippen molar-refractivity contribution in [3.63, 3.8) is 0 Å². The topological polar surface area (TPSA) is 66.2 Å². The average molecular weight is 472 g/mol. The lowest BCUT2D eigenvalue weighted by atomic mass is 10.1. The molecule has 0 saturated heterocycles. The van der Waals surface area contributed by atoms with Gasteiger partial charge in [0.15, 0.2) is 5.69 Å². The van der Waals surface area contributed by atoms with Gasteiger partial charge in [0, 0.05) is 15.5 Å². The molecule has 0 aliphatic rings. The smallest absolute Gasteiger partial charge is 0.360 e. The van der Waals surface area contributed by atoms with Crippen LogP contribution in [0.3, 0.4) is 0 Å². The number of ether oxygens (including phenoxy) is 2. The van der Waals surface area contributed by atoms with Gasteiger partial charge in [-0.3, -0.25) is 4.68 Å². The standard InChI is InChI=1S/C17H15ClIN3O3/c1-24-14-6-5-13-15(20-14)16(17(23)25-2)21-22(13)9-10-3-4-12(18)7-11(10)8-19/h3-7H,8-9H2,1-2H3. The van der Waals surface area contributed by atoms with Crippen molar-refractivity contribution in [1.29, 1.82) is 0 Å². The van der Waals surface area contributed by atoms with Crippen molar-refractivity contribution in [3.05, 3.63) is 52.2 Å². The maximum absolute atomic E-state index is 12.1. The van der Waals surface area contributed by atoms with E-state index < -0.39 is 5.97 Å². The minimum absolute atomic E-state index is 0.168. The van der Waals surface area contributed by atoms with Crippen LogP contribution in [0.25, 0.3) is 11.0 Å². The summed E-state index contributed by atoms with van der Waals surface area (Å²) in [4.78, 5) is 16.4. The molecule has 0 aliphatic heterocycles. The Labute approximate surface area is 163 Å². The van der Waals surface area contributed by atoms with Crippen LogP contribution in [0.2, 0.25) is 5.02 Å². The van der Waals surface area contributed by atoms with Crippen LogP contribution in [-0.2, 0) is 15.7 Å². The Bertz CT molecular complexity index is 942. The first-order valence-corrected chi connectivity index (χ1v) is 9.31. The molecular weight excluding hydrogens is 457 g/mol. The van der Waals surface area contributed by atoms with Crippen LogP contribution in [0.4, 0.5) is 0 Å². The van der Waals surface area contributed by atoms with Crippen molar-refractivity contribution >= 4 is 51.2 Å². The van der Waals surface area contributed by atoms with Crippen molar-refractivity contribution in [1.82, 2.24) is 14.8 Å². The number of esters is 1. The maximum Gasteiger partial charge on any atom is 0.360 e. The fourth-order valence-corrected chi connectivity index (χ4v) is 3.45. The minimum Gasteiger partial charge on any atom is -0.481 e. The van der Waals surface area contributed by atoms with Gasteiger partial charge in [0.2, 0.25) is 5.88 Å². The highest BCUT2D eigenvalue weighted by atomic mass is 127. The number of pyridine rings is 1. The van der Waals surface area contributed by atoms with Crippen molar-refractivity contribution < 1.29 is 14.3 Å². The summed E-state index contributed by atoms with van der Waals surface area (Å²) in [5.41, 5.74) is 3.56. The molecule has 2 aromatic heterocycles. The maximum atomic E-state index is 12.1. The predicted octanol–water partition coefficient (Wildman–Crippen LogP) is 3.86. The highest BCUT2D eigenvalue weighted by molar-refractivity contribution is 14.1. The van der Waals surface area contributed by atoms with Gasteiger partial charge < -0.3 is 9.47 Å². The number of methoxy groups -OCH3 is 2. The lowest BCUT2D eigenvalue weighted by molar-refractivity contribution is 0.0595. The second-order valence-corrected chi connectivity index (χ2v) is 6.47.